The molecule has 1 saturated carbocycles. The first-order chi connectivity index (χ1) is 14.4. The Balaban J connectivity index is 1.51. The summed E-state index contributed by atoms with van der Waals surface area (Å²) in [5, 5.41) is 12.8. The topological polar surface area (TPSA) is 52.1 Å². The van der Waals surface area contributed by atoms with Crippen LogP contribution < -0.4 is 0 Å². The maximum atomic E-state index is 14.3. The normalized spacial score (nSPS) is 28.0. The number of hydrogen-bond acceptors (Lipinski definition) is 3. The molecule has 1 aliphatic carbocycles. The van der Waals surface area contributed by atoms with Crippen LogP contribution in [0.3, 0.4) is 0 Å². The first kappa shape index (κ1) is 20.0. The Kier molecular flexibility index (Phi) is 4.88. The van der Waals surface area contributed by atoms with Crippen molar-refractivity contribution in [1.82, 2.24) is 14.9 Å². The first-order valence-corrected chi connectivity index (χ1v) is 11.2. The molecule has 3 atom stereocenters. The third kappa shape index (κ3) is 2.98. The summed E-state index contributed by atoms with van der Waals surface area (Å²) in [6, 6.07) is 8.15. The molecule has 2 aliphatic rings. The van der Waals surface area contributed by atoms with E-state index in [-0.39, 0.29) is 17.7 Å². The van der Waals surface area contributed by atoms with Crippen molar-refractivity contribution < 1.29 is 9.50 Å². The lowest BCUT2D eigenvalue weighted by atomic mass is 9.69. The Labute approximate surface area is 181 Å². The Morgan fingerprint density at radius 2 is 1.93 bits per heavy atom. The van der Waals surface area contributed by atoms with Crippen LogP contribution in [0.15, 0.2) is 36.7 Å². The summed E-state index contributed by atoms with van der Waals surface area (Å²) in [5.74, 6) is -0.197. The highest BCUT2D eigenvalue weighted by Gasteiger charge is 2.48. The lowest BCUT2D eigenvalue weighted by molar-refractivity contribution is -0.125. The molecule has 2 aromatic heterocycles. The zero-order valence-corrected chi connectivity index (χ0v) is 18.1. The van der Waals surface area contributed by atoms with Gasteiger partial charge in [-0.3, -0.25) is 4.90 Å². The summed E-state index contributed by atoms with van der Waals surface area (Å²) in [7, 11) is 0. The number of halogens is 2. The average molecular weight is 428 g/mol. The number of aromatic amines is 1. The molecule has 0 bridgehead atoms. The van der Waals surface area contributed by atoms with Gasteiger partial charge in [-0.05, 0) is 36.1 Å². The molecule has 1 saturated heterocycles. The van der Waals surface area contributed by atoms with E-state index in [0.29, 0.717) is 22.1 Å². The van der Waals surface area contributed by atoms with Crippen LogP contribution in [0.2, 0.25) is 5.02 Å². The van der Waals surface area contributed by atoms with E-state index >= 15 is 0 Å². The third-order valence-corrected chi connectivity index (χ3v) is 7.66. The van der Waals surface area contributed by atoms with Crippen molar-refractivity contribution in [3.05, 3.63) is 53.1 Å². The molecule has 30 heavy (non-hydrogen) atoms. The molecule has 1 aromatic carbocycles. The van der Waals surface area contributed by atoms with E-state index in [4.69, 9.17) is 11.6 Å². The number of rotatable bonds is 3. The Morgan fingerprint density at radius 1 is 1.20 bits per heavy atom. The van der Waals surface area contributed by atoms with E-state index in [1.165, 1.54) is 25.5 Å². The number of aliphatic hydroxyl groups is 1. The van der Waals surface area contributed by atoms with Gasteiger partial charge in [-0.2, -0.15) is 0 Å². The number of aromatic nitrogens is 2. The molecule has 4 nitrogen and oxygen atoms in total. The van der Waals surface area contributed by atoms with Crippen LogP contribution >= 0.6 is 11.6 Å². The van der Waals surface area contributed by atoms with E-state index < -0.39 is 5.60 Å². The van der Waals surface area contributed by atoms with Gasteiger partial charge in [0.1, 0.15) is 5.65 Å². The largest absolute Gasteiger partial charge is 0.384 e. The van der Waals surface area contributed by atoms with Crippen LogP contribution in [0.1, 0.15) is 38.7 Å². The number of nitrogens with one attached hydrogen (secondary N) is 1. The Hall–Kier alpha value is -1.95. The van der Waals surface area contributed by atoms with Crippen LogP contribution in [0.5, 0.6) is 0 Å². The fraction of sp³-hybridized carbons (Fsp3) is 0.458. The van der Waals surface area contributed by atoms with Crippen LogP contribution in [0, 0.1) is 17.7 Å². The molecular weight excluding hydrogens is 401 g/mol. The maximum absolute atomic E-state index is 14.3. The summed E-state index contributed by atoms with van der Waals surface area (Å²) in [6.07, 6.45) is 6.82. The fourth-order valence-electron chi connectivity index (χ4n) is 5.39. The monoisotopic (exact) mass is 427 g/mol. The van der Waals surface area contributed by atoms with Gasteiger partial charge >= 0.3 is 0 Å². The van der Waals surface area contributed by atoms with E-state index in [1.54, 1.807) is 12.3 Å². The molecule has 0 spiro atoms. The van der Waals surface area contributed by atoms with E-state index in [1.807, 2.05) is 18.2 Å². The van der Waals surface area contributed by atoms with Gasteiger partial charge in [0.15, 0.2) is 5.82 Å². The van der Waals surface area contributed by atoms with Crippen LogP contribution in [-0.2, 0) is 5.60 Å². The molecule has 0 radical (unpaired) electrons. The number of piperidine rings is 1. The third-order valence-electron chi connectivity index (χ3n) is 7.35. The van der Waals surface area contributed by atoms with Crippen molar-refractivity contribution in [3.63, 3.8) is 0 Å². The molecule has 3 aromatic rings. The molecule has 5 rings (SSSR count). The summed E-state index contributed by atoms with van der Waals surface area (Å²) < 4.78 is 14.3. The molecule has 1 unspecified atom stereocenters. The van der Waals surface area contributed by atoms with Gasteiger partial charge in [-0.25, -0.2) is 9.37 Å². The lowest BCUT2D eigenvalue weighted by Gasteiger charge is -2.52. The van der Waals surface area contributed by atoms with E-state index in [9.17, 15) is 9.50 Å². The number of hydrogen-bond donors (Lipinski definition) is 2. The van der Waals surface area contributed by atoms with E-state index in [2.05, 4.69) is 28.7 Å². The molecule has 2 fully saturated rings. The second-order valence-corrected chi connectivity index (χ2v) is 9.49. The van der Waals surface area contributed by atoms with Gasteiger partial charge in [0.05, 0.1) is 11.0 Å². The van der Waals surface area contributed by atoms with E-state index in [0.717, 1.165) is 29.8 Å². The number of likely N-dealkylation sites (tertiary alicyclic amines) is 1. The molecule has 2 N–H and O–H groups in total. The quantitative estimate of drug-likeness (QED) is 0.592. The Bertz CT molecular complexity index is 1080. The summed E-state index contributed by atoms with van der Waals surface area (Å²) >= 11 is 6.74. The maximum Gasteiger partial charge on any atom is 0.150 e. The summed E-state index contributed by atoms with van der Waals surface area (Å²) in [4.78, 5) is 9.58. The molecule has 1 aliphatic heterocycles. The highest BCUT2D eigenvalue weighted by Crippen LogP contribution is 2.46. The highest BCUT2D eigenvalue weighted by atomic mass is 35.5. The lowest BCUT2D eigenvalue weighted by Crippen LogP contribution is -2.58. The van der Waals surface area contributed by atoms with Crippen molar-refractivity contribution >= 4 is 22.6 Å². The first-order valence-electron chi connectivity index (χ1n) is 10.8. The van der Waals surface area contributed by atoms with Gasteiger partial charge in [-0.15, -0.1) is 0 Å². The van der Waals surface area contributed by atoms with Crippen LogP contribution in [0.25, 0.3) is 22.2 Å². The van der Waals surface area contributed by atoms with Gasteiger partial charge in [0.2, 0.25) is 0 Å². The summed E-state index contributed by atoms with van der Waals surface area (Å²) in [5.41, 5.74) is 1.84. The van der Waals surface area contributed by atoms with Gasteiger partial charge in [0, 0.05) is 53.9 Å². The average Bonchev–Trinajstić information content (AvgIpc) is 3.06. The van der Waals surface area contributed by atoms with Crippen LogP contribution in [0.4, 0.5) is 4.39 Å². The predicted molar refractivity (Wildman–Crippen MR) is 118 cm³/mol. The predicted octanol–water partition coefficient (Wildman–Crippen LogP) is 5.35. The second kappa shape index (κ2) is 7.33. The highest BCUT2D eigenvalue weighted by molar-refractivity contribution is 6.31. The minimum atomic E-state index is -0.983. The SMILES string of the molecule is C[C@@H]1CN(C2CCC2)C[C@H](C)C1(O)c1ccc(-c2ccnc3[nH]cc(F)c23)cc1Cl. The van der Waals surface area contributed by atoms with Gasteiger partial charge < -0.3 is 10.1 Å². The molecule has 158 valence electrons. The van der Waals surface area contributed by atoms with Crippen LogP contribution in [-0.4, -0.2) is 39.1 Å². The Morgan fingerprint density at radius 3 is 2.57 bits per heavy atom. The number of H-pyrrole nitrogens is 1. The van der Waals surface area contributed by atoms with Gasteiger partial charge in [0.25, 0.3) is 0 Å². The number of nitrogens with zero attached hydrogens (tertiary/aromatic N) is 2. The minimum absolute atomic E-state index is 0.0694. The number of pyridine rings is 1. The smallest absolute Gasteiger partial charge is 0.150 e. The van der Waals surface area contributed by atoms with Crippen molar-refractivity contribution in [2.45, 2.75) is 44.8 Å². The molecule has 3 heterocycles. The standard InChI is InChI=1S/C24H27ClFN3O/c1-14-12-29(17-4-3-5-17)13-15(2)24(14,30)19-7-6-16(10-20(19)25)18-8-9-27-23-22(18)21(26)11-28-23/h6-11,14-15,17,30H,3-5,12-13H2,1-2H3,(H,27,28)/t14-,15+,24?. The minimum Gasteiger partial charge on any atom is -0.384 e. The van der Waals surface area contributed by atoms with Crippen molar-refractivity contribution in [2.24, 2.45) is 11.8 Å². The van der Waals surface area contributed by atoms with Gasteiger partial charge in [-0.1, -0.05) is 44.0 Å². The van der Waals surface area contributed by atoms with Crippen molar-refractivity contribution in [3.8, 4) is 11.1 Å². The van der Waals surface area contributed by atoms with Crippen molar-refractivity contribution in [1.29, 1.82) is 0 Å². The molecular formula is C24H27ClFN3O. The summed E-state index contributed by atoms with van der Waals surface area (Å²) in [6.45, 7) is 5.99. The van der Waals surface area contributed by atoms with Crippen molar-refractivity contribution in [2.75, 3.05) is 13.1 Å². The zero-order chi connectivity index (χ0) is 21.0. The second-order valence-electron chi connectivity index (χ2n) is 9.08. The molecule has 0 amide bonds. The number of fused-ring (bicyclic) bond motifs is 1. The molecule has 6 heteroatoms. The number of benzene rings is 1. The fourth-order valence-corrected chi connectivity index (χ4v) is 5.72. The zero-order valence-electron chi connectivity index (χ0n) is 17.3.